The number of hydrogen-bond donors (Lipinski definition) is 1. The molecule has 0 heterocycles. The number of fused-ring (bicyclic) bond motifs is 1. The normalized spacial score (nSPS) is 13.6. The standard InChI is InChI=1S/C19H24N2/c20-11-12-21(14-16-5-2-1-3-6-16)15-17-9-10-18-7-4-8-19(18)13-17/h1-3,5-6,9-10,13H,4,7-8,11-12,14-15,20H2. The molecule has 1 aliphatic carbocycles. The SMILES string of the molecule is NCCN(Cc1ccccc1)Cc1ccc2c(c1)CCC2. The Morgan fingerprint density at radius 2 is 1.62 bits per heavy atom. The van der Waals surface area contributed by atoms with Crippen LogP contribution >= 0.6 is 0 Å². The maximum Gasteiger partial charge on any atom is 0.0237 e. The first-order valence-electron chi connectivity index (χ1n) is 7.92. The fourth-order valence-electron chi connectivity index (χ4n) is 3.22. The van der Waals surface area contributed by atoms with Crippen LogP contribution in [0.1, 0.15) is 28.7 Å². The Labute approximate surface area is 127 Å². The smallest absolute Gasteiger partial charge is 0.0237 e. The van der Waals surface area contributed by atoms with Crippen LogP contribution in [0.4, 0.5) is 0 Å². The molecular weight excluding hydrogens is 256 g/mol. The molecule has 2 aromatic rings. The number of nitrogens with zero attached hydrogens (tertiary/aromatic N) is 1. The molecule has 2 N–H and O–H groups in total. The lowest BCUT2D eigenvalue weighted by atomic mass is 10.1. The van der Waals surface area contributed by atoms with Gasteiger partial charge in [-0.25, -0.2) is 0 Å². The summed E-state index contributed by atoms with van der Waals surface area (Å²) in [7, 11) is 0. The molecule has 21 heavy (non-hydrogen) atoms. The second-order valence-corrected chi connectivity index (χ2v) is 5.94. The first kappa shape index (κ1) is 14.3. The maximum atomic E-state index is 5.79. The molecule has 0 unspecified atom stereocenters. The summed E-state index contributed by atoms with van der Waals surface area (Å²) in [6.45, 7) is 3.60. The number of rotatable bonds is 6. The van der Waals surface area contributed by atoms with Crippen molar-refractivity contribution >= 4 is 0 Å². The fourth-order valence-corrected chi connectivity index (χ4v) is 3.22. The lowest BCUT2D eigenvalue weighted by Gasteiger charge is -2.22. The van der Waals surface area contributed by atoms with Gasteiger partial charge in [0.15, 0.2) is 0 Å². The zero-order valence-electron chi connectivity index (χ0n) is 12.6. The van der Waals surface area contributed by atoms with E-state index in [2.05, 4.69) is 53.4 Å². The van der Waals surface area contributed by atoms with Gasteiger partial charge >= 0.3 is 0 Å². The van der Waals surface area contributed by atoms with Crippen LogP contribution in [0.3, 0.4) is 0 Å². The van der Waals surface area contributed by atoms with Crippen LogP contribution in [0.15, 0.2) is 48.5 Å². The first-order chi connectivity index (χ1) is 10.3. The van der Waals surface area contributed by atoms with Gasteiger partial charge in [-0.15, -0.1) is 0 Å². The third-order valence-corrected chi connectivity index (χ3v) is 4.26. The predicted molar refractivity (Wildman–Crippen MR) is 88.1 cm³/mol. The molecule has 0 saturated carbocycles. The van der Waals surface area contributed by atoms with Gasteiger partial charge in [0.25, 0.3) is 0 Å². The van der Waals surface area contributed by atoms with E-state index in [0.29, 0.717) is 6.54 Å². The van der Waals surface area contributed by atoms with Crippen molar-refractivity contribution in [1.29, 1.82) is 0 Å². The maximum absolute atomic E-state index is 5.79. The van der Waals surface area contributed by atoms with Crippen LogP contribution in [-0.4, -0.2) is 18.0 Å². The van der Waals surface area contributed by atoms with E-state index in [-0.39, 0.29) is 0 Å². The molecule has 2 nitrogen and oxygen atoms in total. The van der Waals surface area contributed by atoms with Crippen LogP contribution in [0.25, 0.3) is 0 Å². The highest BCUT2D eigenvalue weighted by atomic mass is 15.1. The van der Waals surface area contributed by atoms with Gasteiger partial charge in [-0.1, -0.05) is 48.5 Å². The molecule has 110 valence electrons. The average Bonchev–Trinajstić information content (AvgIpc) is 2.96. The molecule has 0 bridgehead atoms. The highest BCUT2D eigenvalue weighted by Crippen LogP contribution is 2.23. The van der Waals surface area contributed by atoms with E-state index in [4.69, 9.17) is 5.73 Å². The Morgan fingerprint density at radius 3 is 2.43 bits per heavy atom. The zero-order chi connectivity index (χ0) is 14.5. The number of aryl methyl sites for hydroxylation is 2. The van der Waals surface area contributed by atoms with E-state index in [1.165, 1.54) is 30.4 Å². The van der Waals surface area contributed by atoms with Gasteiger partial charge in [-0.3, -0.25) is 4.90 Å². The molecule has 0 radical (unpaired) electrons. The summed E-state index contributed by atoms with van der Waals surface area (Å²) in [4.78, 5) is 2.44. The summed E-state index contributed by atoms with van der Waals surface area (Å²) in [6, 6.07) is 17.7. The van der Waals surface area contributed by atoms with Crippen molar-refractivity contribution in [2.45, 2.75) is 32.4 Å². The minimum Gasteiger partial charge on any atom is -0.329 e. The van der Waals surface area contributed by atoms with E-state index in [1.807, 2.05) is 0 Å². The van der Waals surface area contributed by atoms with Gasteiger partial charge < -0.3 is 5.73 Å². The lowest BCUT2D eigenvalue weighted by molar-refractivity contribution is 0.264. The predicted octanol–water partition coefficient (Wildman–Crippen LogP) is 3.14. The minimum atomic E-state index is 0.706. The van der Waals surface area contributed by atoms with Crippen molar-refractivity contribution < 1.29 is 0 Å². The summed E-state index contributed by atoms with van der Waals surface area (Å²) in [5, 5.41) is 0. The van der Waals surface area contributed by atoms with Crippen molar-refractivity contribution in [2.75, 3.05) is 13.1 Å². The number of benzene rings is 2. The topological polar surface area (TPSA) is 29.3 Å². The third kappa shape index (κ3) is 3.72. The molecule has 2 heteroatoms. The van der Waals surface area contributed by atoms with Gasteiger partial charge in [0, 0.05) is 26.2 Å². The molecule has 0 amide bonds. The summed E-state index contributed by atoms with van der Waals surface area (Å²) in [5.74, 6) is 0. The molecule has 0 aliphatic heterocycles. The van der Waals surface area contributed by atoms with Crippen molar-refractivity contribution in [3.63, 3.8) is 0 Å². The van der Waals surface area contributed by atoms with Crippen molar-refractivity contribution in [2.24, 2.45) is 5.73 Å². The Kier molecular flexibility index (Phi) is 4.69. The van der Waals surface area contributed by atoms with Gasteiger partial charge in [-0.05, 0) is 41.5 Å². The molecular formula is C19H24N2. The van der Waals surface area contributed by atoms with E-state index >= 15 is 0 Å². The second kappa shape index (κ2) is 6.88. The summed E-state index contributed by atoms with van der Waals surface area (Å²) in [5.41, 5.74) is 11.7. The van der Waals surface area contributed by atoms with Crippen molar-refractivity contribution in [3.05, 3.63) is 70.8 Å². The van der Waals surface area contributed by atoms with Crippen LogP contribution < -0.4 is 5.73 Å². The van der Waals surface area contributed by atoms with E-state index < -0.39 is 0 Å². The Hall–Kier alpha value is -1.64. The molecule has 2 aromatic carbocycles. The average molecular weight is 280 g/mol. The third-order valence-electron chi connectivity index (χ3n) is 4.26. The second-order valence-electron chi connectivity index (χ2n) is 5.94. The quantitative estimate of drug-likeness (QED) is 0.881. The molecule has 0 saturated heterocycles. The highest BCUT2D eigenvalue weighted by Gasteiger charge is 2.12. The number of nitrogens with two attached hydrogens (primary N) is 1. The molecule has 1 aliphatic rings. The molecule has 0 atom stereocenters. The first-order valence-corrected chi connectivity index (χ1v) is 7.92. The molecule has 0 aromatic heterocycles. The Bertz CT molecular complexity index is 577. The Morgan fingerprint density at radius 1 is 0.857 bits per heavy atom. The van der Waals surface area contributed by atoms with Crippen molar-refractivity contribution in [1.82, 2.24) is 4.90 Å². The Balaban J connectivity index is 1.70. The van der Waals surface area contributed by atoms with Crippen LogP contribution in [-0.2, 0) is 25.9 Å². The van der Waals surface area contributed by atoms with Crippen LogP contribution in [0.2, 0.25) is 0 Å². The van der Waals surface area contributed by atoms with Crippen LogP contribution in [0, 0.1) is 0 Å². The molecule has 0 spiro atoms. The lowest BCUT2D eigenvalue weighted by Crippen LogP contribution is -2.28. The summed E-state index contributed by atoms with van der Waals surface area (Å²) < 4.78 is 0. The van der Waals surface area contributed by atoms with E-state index in [0.717, 1.165) is 19.6 Å². The molecule has 3 rings (SSSR count). The van der Waals surface area contributed by atoms with Gasteiger partial charge in [0.1, 0.15) is 0 Å². The van der Waals surface area contributed by atoms with E-state index in [9.17, 15) is 0 Å². The number of hydrogen-bond acceptors (Lipinski definition) is 2. The minimum absolute atomic E-state index is 0.706. The summed E-state index contributed by atoms with van der Waals surface area (Å²) >= 11 is 0. The van der Waals surface area contributed by atoms with E-state index in [1.54, 1.807) is 11.1 Å². The largest absolute Gasteiger partial charge is 0.329 e. The molecule has 0 fully saturated rings. The highest BCUT2D eigenvalue weighted by molar-refractivity contribution is 5.35. The summed E-state index contributed by atoms with van der Waals surface area (Å²) in [6.07, 6.45) is 3.82. The van der Waals surface area contributed by atoms with Crippen LogP contribution in [0.5, 0.6) is 0 Å². The fraction of sp³-hybridized carbons (Fsp3) is 0.368. The zero-order valence-corrected chi connectivity index (χ0v) is 12.6. The van der Waals surface area contributed by atoms with Gasteiger partial charge in [0.05, 0.1) is 0 Å². The van der Waals surface area contributed by atoms with Crippen molar-refractivity contribution in [3.8, 4) is 0 Å². The van der Waals surface area contributed by atoms with Gasteiger partial charge in [0.2, 0.25) is 0 Å². The van der Waals surface area contributed by atoms with Gasteiger partial charge in [-0.2, -0.15) is 0 Å². The monoisotopic (exact) mass is 280 g/mol.